The van der Waals surface area contributed by atoms with Crippen molar-refractivity contribution in [2.45, 2.75) is 45.3 Å². The number of benzene rings is 1. The minimum atomic E-state index is -0.146. The highest BCUT2D eigenvalue weighted by Gasteiger charge is 2.47. The van der Waals surface area contributed by atoms with Gasteiger partial charge in [-0.15, -0.1) is 0 Å². The van der Waals surface area contributed by atoms with E-state index in [9.17, 15) is 9.90 Å². The molecule has 1 amide bonds. The van der Waals surface area contributed by atoms with Crippen molar-refractivity contribution >= 4 is 5.91 Å². The van der Waals surface area contributed by atoms with Gasteiger partial charge in [-0.25, -0.2) is 0 Å². The monoisotopic (exact) mass is 360 g/mol. The number of aliphatic hydroxyl groups excluding tert-OH is 1. The standard InChI is InChI=1S/C21H32N2O3/c1-18(25)23-13-9-20-21(16-23,17-24)10-5-11-22(20)12-6-14-26-15-19-7-3-2-4-8-19/h2-4,7-8,20,24H,5-6,9-17H2,1H3/t20-,21-/m1/s1. The van der Waals surface area contributed by atoms with Gasteiger partial charge in [0.15, 0.2) is 0 Å². The van der Waals surface area contributed by atoms with Gasteiger partial charge in [-0.3, -0.25) is 9.69 Å². The molecule has 5 nitrogen and oxygen atoms in total. The Labute approximate surface area is 156 Å². The van der Waals surface area contributed by atoms with Crippen LogP contribution in [0.25, 0.3) is 0 Å². The van der Waals surface area contributed by atoms with E-state index in [-0.39, 0.29) is 17.9 Å². The van der Waals surface area contributed by atoms with E-state index >= 15 is 0 Å². The number of fused-ring (bicyclic) bond motifs is 1. The summed E-state index contributed by atoms with van der Waals surface area (Å²) in [4.78, 5) is 16.2. The number of rotatable bonds is 7. The van der Waals surface area contributed by atoms with Crippen molar-refractivity contribution in [2.75, 3.05) is 39.4 Å². The molecule has 0 aliphatic carbocycles. The average Bonchev–Trinajstić information content (AvgIpc) is 2.68. The molecule has 0 radical (unpaired) electrons. The van der Waals surface area contributed by atoms with Gasteiger partial charge in [0.2, 0.25) is 5.91 Å². The number of carbonyl (C=O) groups is 1. The van der Waals surface area contributed by atoms with Crippen LogP contribution in [0.2, 0.25) is 0 Å². The van der Waals surface area contributed by atoms with E-state index in [4.69, 9.17) is 4.74 Å². The van der Waals surface area contributed by atoms with E-state index in [1.165, 1.54) is 5.56 Å². The summed E-state index contributed by atoms with van der Waals surface area (Å²) >= 11 is 0. The number of likely N-dealkylation sites (tertiary alicyclic amines) is 2. The Morgan fingerprint density at radius 3 is 2.85 bits per heavy atom. The molecule has 1 aromatic rings. The Morgan fingerprint density at radius 2 is 2.12 bits per heavy atom. The number of aliphatic hydroxyl groups is 1. The maximum absolute atomic E-state index is 11.8. The van der Waals surface area contributed by atoms with E-state index in [0.717, 1.165) is 51.9 Å². The summed E-state index contributed by atoms with van der Waals surface area (Å²) < 4.78 is 5.82. The van der Waals surface area contributed by atoms with Crippen LogP contribution in [0, 0.1) is 5.41 Å². The van der Waals surface area contributed by atoms with E-state index in [2.05, 4.69) is 17.0 Å². The third kappa shape index (κ3) is 4.45. The van der Waals surface area contributed by atoms with Gasteiger partial charge in [-0.05, 0) is 37.8 Å². The lowest BCUT2D eigenvalue weighted by atomic mass is 9.69. The van der Waals surface area contributed by atoms with Crippen LogP contribution < -0.4 is 0 Å². The fraction of sp³-hybridized carbons (Fsp3) is 0.667. The van der Waals surface area contributed by atoms with Crippen molar-refractivity contribution < 1.29 is 14.6 Å². The van der Waals surface area contributed by atoms with Crippen molar-refractivity contribution in [2.24, 2.45) is 5.41 Å². The zero-order valence-electron chi connectivity index (χ0n) is 15.9. The first kappa shape index (κ1) is 19.3. The lowest BCUT2D eigenvalue weighted by Gasteiger charge is -2.54. The first-order valence-electron chi connectivity index (χ1n) is 9.87. The number of carbonyl (C=O) groups excluding carboxylic acids is 1. The summed E-state index contributed by atoms with van der Waals surface area (Å²) in [6, 6.07) is 10.6. The molecule has 3 rings (SSSR count). The number of hydrogen-bond acceptors (Lipinski definition) is 4. The van der Waals surface area contributed by atoms with Gasteiger partial charge < -0.3 is 14.7 Å². The molecule has 0 bridgehead atoms. The third-order valence-corrected chi connectivity index (χ3v) is 6.05. The maximum Gasteiger partial charge on any atom is 0.219 e. The molecule has 2 heterocycles. The molecule has 0 aromatic heterocycles. The van der Waals surface area contributed by atoms with Crippen molar-refractivity contribution in [1.29, 1.82) is 0 Å². The Bertz CT molecular complexity index is 580. The molecule has 5 heteroatoms. The number of hydrogen-bond donors (Lipinski definition) is 1. The molecule has 2 saturated heterocycles. The van der Waals surface area contributed by atoms with Crippen molar-refractivity contribution in [3.05, 3.63) is 35.9 Å². The fourth-order valence-electron chi connectivity index (χ4n) is 4.66. The number of ether oxygens (including phenoxy) is 1. The minimum Gasteiger partial charge on any atom is -0.396 e. The van der Waals surface area contributed by atoms with Crippen molar-refractivity contribution in [3.63, 3.8) is 0 Å². The Kier molecular flexibility index (Phi) is 6.68. The molecule has 0 spiro atoms. The predicted octanol–water partition coefficient (Wildman–Crippen LogP) is 2.29. The predicted molar refractivity (Wildman–Crippen MR) is 102 cm³/mol. The quantitative estimate of drug-likeness (QED) is 0.758. The molecule has 2 fully saturated rings. The van der Waals surface area contributed by atoms with Gasteiger partial charge in [0.1, 0.15) is 0 Å². The first-order valence-corrected chi connectivity index (χ1v) is 9.87. The highest BCUT2D eigenvalue weighted by Crippen LogP contribution is 2.41. The molecule has 144 valence electrons. The van der Waals surface area contributed by atoms with E-state index in [0.29, 0.717) is 19.2 Å². The van der Waals surface area contributed by atoms with Crippen LogP contribution >= 0.6 is 0 Å². The molecule has 26 heavy (non-hydrogen) atoms. The van der Waals surface area contributed by atoms with E-state index in [1.54, 1.807) is 6.92 Å². The summed E-state index contributed by atoms with van der Waals surface area (Å²) in [5.74, 6) is 0.128. The molecule has 2 aliphatic heterocycles. The van der Waals surface area contributed by atoms with Gasteiger partial charge in [0.05, 0.1) is 13.2 Å². The van der Waals surface area contributed by atoms with Crippen LogP contribution in [0.4, 0.5) is 0 Å². The SMILES string of the molecule is CC(=O)N1CC[C@H]2N(CCCOCc3ccccc3)CCC[C@]2(CO)C1. The molecule has 2 aliphatic rings. The third-order valence-electron chi connectivity index (χ3n) is 6.05. The summed E-state index contributed by atoms with van der Waals surface area (Å²) in [5, 5.41) is 10.1. The Hall–Kier alpha value is -1.43. The highest BCUT2D eigenvalue weighted by atomic mass is 16.5. The summed E-state index contributed by atoms with van der Waals surface area (Å²) in [6.07, 6.45) is 4.07. The largest absolute Gasteiger partial charge is 0.396 e. The van der Waals surface area contributed by atoms with Crippen LogP contribution in [0.15, 0.2) is 30.3 Å². The average molecular weight is 360 g/mol. The van der Waals surface area contributed by atoms with Crippen molar-refractivity contribution in [3.8, 4) is 0 Å². The zero-order chi connectivity index (χ0) is 18.4. The lowest BCUT2D eigenvalue weighted by Crippen LogP contribution is -2.63. The van der Waals surface area contributed by atoms with Crippen LogP contribution in [0.3, 0.4) is 0 Å². The Morgan fingerprint density at radius 1 is 1.31 bits per heavy atom. The second-order valence-electron chi connectivity index (χ2n) is 7.80. The van der Waals surface area contributed by atoms with Crippen LogP contribution in [0.1, 0.15) is 38.2 Å². The zero-order valence-corrected chi connectivity index (χ0v) is 15.9. The first-order chi connectivity index (χ1) is 12.6. The highest BCUT2D eigenvalue weighted by molar-refractivity contribution is 5.73. The summed E-state index contributed by atoms with van der Waals surface area (Å²) in [7, 11) is 0. The van der Waals surface area contributed by atoms with Crippen molar-refractivity contribution in [1.82, 2.24) is 9.80 Å². The van der Waals surface area contributed by atoms with Crippen LogP contribution in [-0.4, -0.2) is 66.2 Å². The van der Waals surface area contributed by atoms with Gasteiger partial charge in [0.25, 0.3) is 0 Å². The fourth-order valence-corrected chi connectivity index (χ4v) is 4.66. The second kappa shape index (κ2) is 8.98. The van der Waals surface area contributed by atoms with Gasteiger partial charge in [0, 0.05) is 44.6 Å². The number of nitrogens with zero attached hydrogens (tertiary/aromatic N) is 2. The molecule has 1 aromatic carbocycles. The minimum absolute atomic E-state index is 0.128. The van der Waals surface area contributed by atoms with Crippen LogP contribution in [0.5, 0.6) is 0 Å². The smallest absolute Gasteiger partial charge is 0.219 e. The summed E-state index contributed by atoms with van der Waals surface area (Å²) in [5.41, 5.74) is 1.06. The summed E-state index contributed by atoms with van der Waals surface area (Å²) in [6.45, 7) is 6.82. The molecular weight excluding hydrogens is 328 g/mol. The van der Waals surface area contributed by atoms with E-state index < -0.39 is 0 Å². The molecule has 2 atom stereocenters. The van der Waals surface area contributed by atoms with Gasteiger partial charge in [-0.2, -0.15) is 0 Å². The number of amides is 1. The molecule has 1 N–H and O–H groups in total. The second-order valence-corrected chi connectivity index (χ2v) is 7.80. The van der Waals surface area contributed by atoms with Crippen LogP contribution in [-0.2, 0) is 16.1 Å². The molecular formula is C21H32N2O3. The number of piperidine rings is 2. The molecule has 0 saturated carbocycles. The van der Waals surface area contributed by atoms with Gasteiger partial charge in [-0.1, -0.05) is 30.3 Å². The van der Waals surface area contributed by atoms with E-state index in [1.807, 2.05) is 23.1 Å². The Balaban J connectivity index is 1.48. The molecule has 0 unspecified atom stereocenters. The maximum atomic E-state index is 11.8. The lowest BCUT2D eigenvalue weighted by molar-refractivity contribution is -0.139. The topological polar surface area (TPSA) is 53.0 Å². The normalized spacial score (nSPS) is 26.5. The van der Waals surface area contributed by atoms with Gasteiger partial charge >= 0.3 is 0 Å².